The summed E-state index contributed by atoms with van der Waals surface area (Å²) in [6, 6.07) is 11.4. The van der Waals surface area contributed by atoms with Crippen LogP contribution in [0.4, 0.5) is 0 Å². The first-order valence-electron chi connectivity index (χ1n) is 8.67. The van der Waals surface area contributed by atoms with E-state index in [1.54, 1.807) is 6.20 Å². The number of nitrogens with two attached hydrogens (primary N) is 1. The predicted molar refractivity (Wildman–Crippen MR) is 96.8 cm³/mol. The standard InChI is InChI=1S/C20H23N3O2/c1-13-16(18-10-2-3-11-22-18)8-5-9-17(13)20(25)23-15-7-4-6-14(12-15)19(21)24/h2-3,5,8-11,14-15H,4,6-7,12H2,1H3,(H2,21,24)(H,23,25). The fraction of sp³-hybridized carbons (Fsp3) is 0.350. The number of nitrogens with one attached hydrogen (secondary N) is 1. The van der Waals surface area contributed by atoms with Crippen molar-refractivity contribution >= 4 is 11.8 Å². The van der Waals surface area contributed by atoms with E-state index in [-0.39, 0.29) is 23.8 Å². The lowest BCUT2D eigenvalue weighted by molar-refractivity contribution is -0.122. The van der Waals surface area contributed by atoms with Crippen molar-refractivity contribution in [1.82, 2.24) is 10.3 Å². The molecular weight excluding hydrogens is 314 g/mol. The Bertz CT molecular complexity index is 774. The van der Waals surface area contributed by atoms with Gasteiger partial charge in [0, 0.05) is 29.3 Å². The number of hydrogen-bond acceptors (Lipinski definition) is 3. The molecule has 2 atom stereocenters. The molecule has 1 aromatic carbocycles. The van der Waals surface area contributed by atoms with Crippen LogP contribution < -0.4 is 11.1 Å². The molecule has 1 heterocycles. The van der Waals surface area contributed by atoms with Gasteiger partial charge in [-0.05, 0) is 49.9 Å². The summed E-state index contributed by atoms with van der Waals surface area (Å²) in [5.74, 6) is -0.516. The quantitative estimate of drug-likeness (QED) is 0.899. The Kier molecular flexibility index (Phi) is 5.12. The Labute approximate surface area is 147 Å². The molecule has 3 N–H and O–H groups in total. The summed E-state index contributed by atoms with van der Waals surface area (Å²) in [5.41, 5.74) is 8.77. The van der Waals surface area contributed by atoms with Gasteiger partial charge in [-0.1, -0.05) is 24.6 Å². The lowest BCUT2D eigenvalue weighted by Gasteiger charge is -2.28. The van der Waals surface area contributed by atoms with Gasteiger partial charge in [-0.25, -0.2) is 0 Å². The summed E-state index contributed by atoms with van der Waals surface area (Å²) in [6.07, 6.45) is 4.98. The Morgan fingerprint density at radius 3 is 2.72 bits per heavy atom. The number of carbonyl (C=O) groups excluding carboxylic acids is 2. The minimum atomic E-state index is -0.271. The van der Waals surface area contributed by atoms with E-state index in [2.05, 4.69) is 10.3 Å². The zero-order valence-corrected chi connectivity index (χ0v) is 14.4. The maximum Gasteiger partial charge on any atom is 0.251 e. The molecule has 1 aliphatic rings. The molecule has 1 aliphatic carbocycles. The minimum Gasteiger partial charge on any atom is -0.369 e. The van der Waals surface area contributed by atoms with Gasteiger partial charge in [0.1, 0.15) is 0 Å². The predicted octanol–water partition coefficient (Wildman–Crippen LogP) is 2.83. The highest BCUT2D eigenvalue weighted by Gasteiger charge is 2.27. The molecule has 2 amide bonds. The van der Waals surface area contributed by atoms with Gasteiger partial charge in [-0.3, -0.25) is 14.6 Å². The molecule has 5 nitrogen and oxygen atoms in total. The van der Waals surface area contributed by atoms with Gasteiger partial charge in [-0.2, -0.15) is 0 Å². The van der Waals surface area contributed by atoms with Crippen LogP contribution in [0.1, 0.15) is 41.6 Å². The van der Waals surface area contributed by atoms with Gasteiger partial charge < -0.3 is 11.1 Å². The normalized spacial score (nSPS) is 20.0. The molecule has 0 bridgehead atoms. The van der Waals surface area contributed by atoms with Crippen LogP contribution in [0.3, 0.4) is 0 Å². The fourth-order valence-electron chi connectivity index (χ4n) is 3.52. The lowest BCUT2D eigenvalue weighted by Crippen LogP contribution is -2.41. The van der Waals surface area contributed by atoms with Crippen molar-refractivity contribution in [3.8, 4) is 11.3 Å². The number of carbonyl (C=O) groups is 2. The first kappa shape index (κ1) is 17.1. The number of pyridine rings is 1. The van der Waals surface area contributed by atoms with E-state index >= 15 is 0 Å². The number of aromatic nitrogens is 1. The molecule has 130 valence electrons. The Morgan fingerprint density at radius 1 is 1.16 bits per heavy atom. The molecule has 1 saturated carbocycles. The van der Waals surface area contributed by atoms with Crippen molar-refractivity contribution < 1.29 is 9.59 Å². The molecule has 1 fully saturated rings. The highest BCUT2D eigenvalue weighted by Crippen LogP contribution is 2.26. The second-order valence-electron chi connectivity index (χ2n) is 6.63. The molecule has 0 saturated heterocycles. The average molecular weight is 337 g/mol. The Balaban J connectivity index is 1.78. The molecule has 2 aromatic rings. The monoisotopic (exact) mass is 337 g/mol. The lowest BCUT2D eigenvalue weighted by atomic mass is 9.85. The van der Waals surface area contributed by atoms with Crippen molar-refractivity contribution in [1.29, 1.82) is 0 Å². The smallest absolute Gasteiger partial charge is 0.251 e. The number of nitrogens with zero attached hydrogens (tertiary/aromatic N) is 1. The van der Waals surface area contributed by atoms with Crippen LogP contribution in [0.2, 0.25) is 0 Å². The molecule has 5 heteroatoms. The number of amides is 2. The molecule has 2 unspecified atom stereocenters. The third-order valence-corrected chi connectivity index (χ3v) is 4.93. The summed E-state index contributed by atoms with van der Waals surface area (Å²) in [6.45, 7) is 1.94. The van der Waals surface area contributed by atoms with Crippen molar-refractivity contribution in [2.24, 2.45) is 11.7 Å². The zero-order chi connectivity index (χ0) is 17.8. The topological polar surface area (TPSA) is 85.1 Å². The van der Waals surface area contributed by atoms with Crippen LogP contribution in [0.5, 0.6) is 0 Å². The van der Waals surface area contributed by atoms with Gasteiger partial charge in [0.15, 0.2) is 0 Å². The van der Waals surface area contributed by atoms with Gasteiger partial charge in [0.05, 0.1) is 5.69 Å². The van der Waals surface area contributed by atoms with Crippen molar-refractivity contribution in [2.75, 3.05) is 0 Å². The van der Waals surface area contributed by atoms with E-state index in [0.29, 0.717) is 12.0 Å². The van der Waals surface area contributed by atoms with Crippen LogP contribution in [0.15, 0.2) is 42.6 Å². The second-order valence-corrected chi connectivity index (χ2v) is 6.63. The van der Waals surface area contributed by atoms with E-state index < -0.39 is 0 Å². The van der Waals surface area contributed by atoms with Crippen LogP contribution in [-0.2, 0) is 4.79 Å². The Morgan fingerprint density at radius 2 is 2.00 bits per heavy atom. The highest BCUT2D eigenvalue weighted by atomic mass is 16.2. The van der Waals surface area contributed by atoms with Crippen LogP contribution in [0, 0.1) is 12.8 Å². The van der Waals surface area contributed by atoms with Crippen molar-refractivity contribution in [2.45, 2.75) is 38.6 Å². The van der Waals surface area contributed by atoms with Gasteiger partial charge in [-0.15, -0.1) is 0 Å². The third-order valence-electron chi connectivity index (χ3n) is 4.93. The Hall–Kier alpha value is -2.69. The van der Waals surface area contributed by atoms with Gasteiger partial charge >= 0.3 is 0 Å². The largest absolute Gasteiger partial charge is 0.369 e. The second kappa shape index (κ2) is 7.47. The first-order valence-corrected chi connectivity index (χ1v) is 8.67. The number of benzene rings is 1. The molecule has 0 aliphatic heterocycles. The number of primary amides is 1. The molecule has 0 spiro atoms. The van der Waals surface area contributed by atoms with E-state index in [1.807, 2.05) is 43.3 Å². The highest BCUT2D eigenvalue weighted by molar-refractivity contribution is 5.97. The number of hydrogen-bond donors (Lipinski definition) is 2. The van der Waals surface area contributed by atoms with Gasteiger partial charge in [0.25, 0.3) is 5.91 Å². The summed E-state index contributed by atoms with van der Waals surface area (Å²) in [4.78, 5) is 28.5. The fourth-order valence-corrected chi connectivity index (χ4v) is 3.52. The maximum absolute atomic E-state index is 12.7. The molecule has 1 aromatic heterocycles. The summed E-state index contributed by atoms with van der Waals surface area (Å²) >= 11 is 0. The molecule has 3 rings (SSSR count). The third kappa shape index (κ3) is 3.87. The van der Waals surface area contributed by atoms with Gasteiger partial charge in [0.2, 0.25) is 5.91 Å². The van der Waals surface area contributed by atoms with E-state index in [9.17, 15) is 9.59 Å². The van der Waals surface area contributed by atoms with Crippen LogP contribution >= 0.6 is 0 Å². The van der Waals surface area contributed by atoms with E-state index in [4.69, 9.17) is 5.73 Å². The van der Waals surface area contributed by atoms with Crippen LogP contribution in [0.25, 0.3) is 11.3 Å². The average Bonchev–Trinajstić information content (AvgIpc) is 2.62. The van der Waals surface area contributed by atoms with E-state index in [0.717, 1.165) is 36.1 Å². The molecule has 0 radical (unpaired) electrons. The van der Waals surface area contributed by atoms with E-state index in [1.165, 1.54) is 0 Å². The maximum atomic E-state index is 12.7. The summed E-state index contributed by atoms with van der Waals surface area (Å²) in [5, 5.41) is 3.07. The summed E-state index contributed by atoms with van der Waals surface area (Å²) in [7, 11) is 0. The SMILES string of the molecule is Cc1c(C(=O)NC2CCCC(C(N)=O)C2)cccc1-c1ccccn1. The summed E-state index contributed by atoms with van der Waals surface area (Å²) < 4.78 is 0. The molecular formula is C20H23N3O2. The van der Waals surface area contributed by atoms with Crippen molar-refractivity contribution in [3.05, 3.63) is 53.7 Å². The first-order chi connectivity index (χ1) is 12.1. The van der Waals surface area contributed by atoms with Crippen molar-refractivity contribution in [3.63, 3.8) is 0 Å². The molecule has 25 heavy (non-hydrogen) atoms. The number of rotatable bonds is 4. The minimum absolute atomic E-state index is 0.00310. The van der Waals surface area contributed by atoms with Crippen LogP contribution in [-0.4, -0.2) is 22.8 Å². The zero-order valence-electron chi connectivity index (χ0n) is 14.4.